The Labute approximate surface area is 144 Å². The quantitative estimate of drug-likeness (QED) is 0.803. The van der Waals surface area contributed by atoms with Crippen molar-refractivity contribution in [1.82, 2.24) is 24.7 Å². The molecule has 1 fully saturated rings. The third-order valence-electron chi connectivity index (χ3n) is 4.56. The first-order valence-electron chi connectivity index (χ1n) is 8.93. The van der Waals surface area contributed by atoms with Gasteiger partial charge >= 0.3 is 0 Å². The fraction of sp³-hybridized carbons (Fsp3) is 0.765. The topological polar surface area (TPSA) is 62.6 Å². The average Bonchev–Trinajstić information content (AvgIpc) is 3.00. The van der Waals surface area contributed by atoms with E-state index in [2.05, 4.69) is 38.5 Å². The minimum absolute atomic E-state index is 0.0691. The molecule has 1 aromatic heterocycles. The van der Waals surface area contributed by atoms with Crippen LogP contribution in [0, 0.1) is 5.92 Å². The number of hydrogen-bond donors (Lipinski definition) is 1. The van der Waals surface area contributed by atoms with Crippen LogP contribution in [0.2, 0.25) is 0 Å². The summed E-state index contributed by atoms with van der Waals surface area (Å²) in [4.78, 5) is 21.1. The fourth-order valence-corrected chi connectivity index (χ4v) is 3.43. The first kappa shape index (κ1) is 17.4. The zero-order valence-electron chi connectivity index (χ0n) is 14.8. The number of nitrogens with one attached hydrogen (secondary N) is 1. The van der Waals surface area contributed by atoms with E-state index < -0.39 is 0 Å². The van der Waals surface area contributed by atoms with E-state index in [0.717, 1.165) is 51.7 Å². The van der Waals surface area contributed by atoms with Crippen molar-refractivity contribution in [2.45, 2.75) is 33.0 Å². The number of morpholine rings is 1. The van der Waals surface area contributed by atoms with Gasteiger partial charge in [0.05, 0.1) is 25.8 Å². The largest absolute Gasteiger partial charge is 0.374 e. The van der Waals surface area contributed by atoms with Crippen LogP contribution in [0.1, 0.15) is 19.7 Å². The predicted molar refractivity (Wildman–Crippen MR) is 91.5 cm³/mol. The van der Waals surface area contributed by atoms with E-state index in [0.29, 0.717) is 19.0 Å². The van der Waals surface area contributed by atoms with Gasteiger partial charge in [-0.1, -0.05) is 13.8 Å². The number of imidazole rings is 1. The Morgan fingerprint density at radius 1 is 1.38 bits per heavy atom. The molecular weight excluding hydrogens is 306 g/mol. The summed E-state index contributed by atoms with van der Waals surface area (Å²) in [6, 6.07) is 0. The molecule has 1 atom stereocenters. The van der Waals surface area contributed by atoms with Crippen molar-refractivity contribution in [2.75, 3.05) is 45.9 Å². The normalized spacial score (nSPS) is 22.5. The van der Waals surface area contributed by atoms with Crippen LogP contribution in [0.5, 0.6) is 0 Å². The van der Waals surface area contributed by atoms with Crippen LogP contribution in [0.25, 0.3) is 0 Å². The number of fused-ring (bicyclic) bond motifs is 1. The van der Waals surface area contributed by atoms with Crippen molar-refractivity contribution in [3.8, 4) is 0 Å². The molecule has 3 rings (SSSR count). The SMILES string of the molecule is CC(C)CN1CCO[C@H](CNC(=O)CN2CCn3ccnc3C2)C1. The van der Waals surface area contributed by atoms with Crippen molar-refractivity contribution >= 4 is 5.91 Å². The Bertz CT molecular complexity index is 545. The minimum Gasteiger partial charge on any atom is -0.374 e. The molecule has 0 saturated carbocycles. The molecule has 1 aromatic rings. The lowest BCUT2D eigenvalue weighted by Crippen LogP contribution is -2.49. The summed E-state index contributed by atoms with van der Waals surface area (Å²) in [6.45, 7) is 11.7. The van der Waals surface area contributed by atoms with Crippen molar-refractivity contribution in [1.29, 1.82) is 0 Å². The second kappa shape index (κ2) is 8.09. The molecule has 1 amide bonds. The Hall–Kier alpha value is -1.44. The number of nitrogens with zero attached hydrogens (tertiary/aromatic N) is 4. The third-order valence-corrected chi connectivity index (χ3v) is 4.56. The predicted octanol–water partition coefficient (Wildman–Crippen LogP) is 0.172. The first-order valence-corrected chi connectivity index (χ1v) is 8.93. The molecule has 1 saturated heterocycles. The highest BCUT2D eigenvalue weighted by Crippen LogP contribution is 2.10. The second-order valence-electron chi connectivity index (χ2n) is 7.20. The van der Waals surface area contributed by atoms with Gasteiger partial charge in [0.15, 0.2) is 0 Å². The number of carbonyl (C=O) groups excluding carboxylic acids is 1. The molecule has 0 radical (unpaired) electrons. The lowest BCUT2D eigenvalue weighted by Gasteiger charge is -2.34. The molecule has 7 heteroatoms. The van der Waals surface area contributed by atoms with Crippen LogP contribution in [-0.4, -0.2) is 77.2 Å². The molecule has 0 aliphatic carbocycles. The molecule has 0 bridgehead atoms. The van der Waals surface area contributed by atoms with Crippen LogP contribution in [0.4, 0.5) is 0 Å². The van der Waals surface area contributed by atoms with Gasteiger partial charge in [0.2, 0.25) is 5.91 Å². The summed E-state index contributed by atoms with van der Waals surface area (Å²) in [7, 11) is 0. The summed E-state index contributed by atoms with van der Waals surface area (Å²) in [6.07, 6.45) is 3.92. The van der Waals surface area contributed by atoms with Crippen LogP contribution < -0.4 is 5.32 Å². The lowest BCUT2D eigenvalue weighted by molar-refractivity contribution is -0.123. The number of ether oxygens (including phenoxy) is 1. The van der Waals surface area contributed by atoms with Crippen LogP contribution in [0.15, 0.2) is 12.4 Å². The summed E-state index contributed by atoms with van der Waals surface area (Å²) in [5.74, 6) is 1.76. The standard InChI is InChI=1S/C17H29N5O2/c1-14(2)10-21-7-8-24-15(11-21)9-19-17(23)13-20-5-6-22-4-3-18-16(22)12-20/h3-4,14-15H,5-13H2,1-2H3,(H,19,23)/t15-/m1/s1. The lowest BCUT2D eigenvalue weighted by atomic mass is 10.2. The zero-order chi connectivity index (χ0) is 16.9. The summed E-state index contributed by atoms with van der Waals surface area (Å²) in [5, 5.41) is 3.03. The molecule has 0 spiro atoms. The van der Waals surface area contributed by atoms with E-state index in [4.69, 9.17) is 4.74 Å². The molecule has 7 nitrogen and oxygen atoms in total. The third kappa shape index (κ3) is 4.78. The Balaban J connectivity index is 1.38. The maximum absolute atomic E-state index is 12.2. The van der Waals surface area contributed by atoms with E-state index in [1.165, 1.54) is 0 Å². The highest BCUT2D eigenvalue weighted by molar-refractivity contribution is 5.78. The molecule has 2 aliphatic heterocycles. The van der Waals surface area contributed by atoms with E-state index in [1.807, 2.05) is 12.4 Å². The number of amides is 1. The zero-order valence-corrected chi connectivity index (χ0v) is 14.8. The molecule has 2 aliphatic rings. The van der Waals surface area contributed by atoms with E-state index in [9.17, 15) is 4.79 Å². The van der Waals surface area contributed by atoms with Crippen molar-refractivity contribution < 1.29 is 9.53 Å². The second-order valence-corrected chi connectivity index (χ2v) is 7.20. The van der Waals surface area contributed by atoms with Gasteiger partial charge < -0.3 is 14.6 Å². The Morgan fingerprint density at radius 2 is 2.25 bits per heavy atom. The monoisotopic (exact) mass is 335 g/mol. The maximum atomic E-state index is 12.2. The van der Waals surface area contributed by atoms with Gasteiger partial charge in [-0.25, -0.2) is 4.98 Å². The number of hydrogen-bond acceptors (Lipinski definition) is 5. The van der Waals surface area contributed by atoms with Crippen LogP contribution in [0.3, 0.4) is 0 Å². The fourth-order valence-electron chi connectivity index (χ4n) is 3.43. The molecule has 1 N–H and O–H groups in total. The van der Waals surface area contributed by atoms with Gasteiger partial charge in [-0.15, -0.1) is 0 Å². The highest BCUT2D eigenvalue weighted by Gasteiger charge is 2.23. The van der Waals surface area contributed by atoms with Crippen molar-refractivity contribution in [2.24, 2.45) is 5.92 Å². The summed E-state index contributed by atoms with van der Waals surface area (Å²) < 4.78 is 7.93. The van der Waals surface area contributed by atoms with Crippen molar-refractivity contribution in [3.63, 3.8) is 0 Å². The van der Waals surface area contributed by atoms with E-state index in [-0.39, 0.29) is 12.0 Å². The van der Waals surface area contributed by atoms with Gasteiger partial charge in [0.1, 0.15) is 5.82 Å². The average molecular weight is 335 g/mol. The Kier molecular flexibility index (Phi) is 5.86. The van der Waals surface area contributed by atoms with Gasteiger partial charge in [-0.3, -0.25) is 14.6 Å². The van der Waals surface area contributed by atoms with Crippen molar-refractivity contribution in [3.05, 3.63) is 18.2 Å². The first-order chi connectivity index (χ1) is 11.6. The number of rotatable bonds is 6. The minimum atomic E-state index is 0.0691. The van der Waals surface area contributed by atoms with Gasteiger partial charge in [-0.2, -0.15) is 0 Å². The van der Waals surface area contributed by atoms with E-state index >= 15 is 0 Å². The summed E-state index contributed by atoms with van der Waals surface area (Å²) >= 11 is 0. The molecule has 0 unspecified atom stereocenters. The molecule has 0 aromatic carbocycles. The highest BCUT2D eigenvalue weighted by atomic mass is 16.5. The summed E-state index contributed by atoms with van der Waals surface area (Å²) in [5.41, 5.74) is 0. The smallest absolute Gasteiger partial charge is 0.234 e. The molecule has 24 heavy (non-hydrogen) atoms. The van der Waals surface area contributed by atoms with Crippen LogP contribution in [-0.2, 0) is 22.6 Å². The number of carbonyl (C=O) groups is 1. The maximum Gasteiger partial charge on any atom is 0.234 e. The van der Waals surface area contributed by atoms with Gasteiger partial charge in [0.25, 0.3) is 0 Å². The molecular formula is C17H29N5O2. The molecule has 3 heterocycles. The van der Waals surface area contributed by atoms with Gasteiger partial charge in [0, 0.05) is 51.7 Å². The Morgan fingerprint density at radius 3 is 3.08 bits per heavy atom. The molecule has 134 valence electrons. The number of aromatic nitrogens is 2. The van der Waals surface area contributed by atoms with Gasteiger partial charge in [-0.05, 0) is 5.92 Å². The van der Waals surface area contributed by atoms with Crippen LogP contribution >= 0.6 is 0 Å². The van der Waals surface area contributed by atoms with E-state index in [1.54, 1.807) is 0 Å².